The molecule has 5 heteroatoms. The van der Waals surface area contributed by atoms with E-state index in [9.17, 15) is 15.2 Å². The Morgan fingerprint density at radius 1 is 1.39 bits per heavy atom. The summed E-state index contributed by atoms with van der Waals surface area (Å²) in [7, 11) is 0. The topological polar surface area (TPSA) is 72.6 Å². The molecule has 1 fully saturated rings. The van der Waals surface area contributed by atoms with Crippen LogP contribution in [0.5, 0.6) is 0 Å². The SMILES string of the molecule is O=[N+]([O-])C1CCCCC1(O)OCc1ccccc1. The van der Waals surface area contributed by atoms with Gasteiger partial charge in [0.2, 0.25) is 5.79 Å². The molecule has 2 rings (SSSR count). The first-order chi connectivity index (χ1) is 8.62. The maximum Gasteiger partial charge on any atom is 0.265 e. The lowest BCUT2D eigenvalue weighted by Gasteiger charge is -2.33. The third-order valence-electron chi connectivity index (χ3n) is 3.37. The van der Waals surface area contributed by atoms with Gasteiger partial charge in [-0.3, -0.25) is 10.1 Å². The van der Waals surface area contributed by atoms with Crippen molar-refractivity contribution in [1.82, 2.24) is 0 Å². The van der Waals surface area contributed by atoms with Crippen LogP contribution in [0.2, 0.25) is 0 Å². The Bertz CT molecular complexity index is 409. The highest BCUT2D eigenvalue weighted by Crippen LogP contribution is 2.32. The number of nitro groups is 1. The van der Waals surface area contributed by atoms with Crippen LogP contribution < -0.4 is 0 Å². The Morgan fingerprint density at radius 2 is 2.11 bits per heavy atom. The molecular formula is C13H17NO4. The fourth-order valence-corrected chi connectivity index (χ4v) is 2.33. The lowest BCUT2D eigenvalue weighted by molar-refractivity contribution is -0.571. The van der Waals surface area contributed by atoms with Crippen LogP contribution in [0.4, 0.5) is 0 Å². The lowest BCUT2D eigenvalue weighted by atomic mass is 9.89. The van der Waals surface area contributed by atoms with Crippen molar-refractivity contribution in [3.63, 3.8) is 0 Å². The molecule has 2 atom stereocenters. The zero-order valence-electron chi connectivity index (χ0n) is 10.1. The summed E-state index contributed by atoms with van der Waals surface area (Å²) in [5.41, 5.74) is 0.901. The van der Waals surface area contributed by atoms with Crippen LogP contribution in [0.15, 0.2) is 30.3 Å². The number of aliphatic hydroxyl groups is 1. The normalized spacial score (nSPS) is 27.9. The molecule has 1 aromatic carbocycles. The zero-order valence-corrected chi connectivity index (χ0v) is 10.1. The first-order valence-electron chi connectivity index (χ1n) is 6.15. The summed E-state index contributed by atoms with van der Waals surface area (Å²) in [5.74, 6) is -1.63. The standard InChI is InChI=1S/C13H17NO4/c15-13(9-5-4-8-12(13)14(16)17)18-10-11-6-2-1-3-7-11/h1-3,6-7,12,15H,4-5,8-10H2. The fourth-order valence-electron chi connectivity index (χ4n) is 2.33. The van der Waals surface area contributed by atoms with Gasteiger partial charge >= 0.3 is 0 Å². The van der Waals surface area contributed by atoms with Crippen molar-refractivity contribution in [3.8, 4) is 0 Å². The van der Waals surface area contributed by atoms with Crippen LogP contribution in [0, 0.1) is 10.1 Å². The van der Waals surface area contributed by atoms with Gasteiger partial charge in [-0.1, -0.05) is 30.3 Å². The summed E-state index contributed by atoms with van der Waals surface area (Å²) in [4.78, 5) is 10.5. The van der Waals surface area contributed by atoms with Gasteiger partial charge in [0.1, 0.15) is 0 Å². The van der Waals surface area contributed by atoms with Crippen molar-refractivity contribution in [2.45, 2.75) is 44.1 Å². The molecule has 1 N–H and O–H groups in total. The van der Waals surface area contributed by atoms with E-state index in [1.165, 1.54) is 0 Å². The highest BCUT2D eigenvalue weighted by Gasteiger charge is 2.48. The molecule has 0 saturated heterocycles. The van der Waals surface area contributed by atoms with Crippen LogP contribution in [-0.2, 0) is 11.3 Å². The summed E-state index contributed by atoms with van der Waals surface area (Å²) in [6.45, 7) is 0.196. The Labute approximate surface area is 106 Å². The van der Waals surface area contributed by atoms with Gasteiger partial charge in [-0.05, 0) is 18.4 Å². The van der Waals surface area contributed by atoms with Crippen molar-refractivity contribution >= 4 is 0 Å². The first kappa shape index (κ1) is 13.0. The van der Waals surface area contributed by atoms with Crippen molar-refractivity contribution in [3.05, 3.63) is 46.0 Å². The molecule has 1 saturated carbocycles. The minimum atomic E-state index is -1.63. The van der Waals surface area contributed by atoms with Crippen LogP contribution >= 0.6 is 0 Å². The van der Waals surface area contributed by atoms with Crippen molar-refractivity contribution in [2.24, 2.45) is 0 Å². The number of benzene rings is 1. The molecule has 98 valence electrons. The summed E-state index contributed by atoms with van der Waals surface area (Å²) in [6, 6.07) is 8.35. The van der Waals surface area contributed by atoms with E-state index < -0.39 is 16.8 Å². The minimum absolute atomic E-state index is 0.196. The average Bonchev–Trinajstić information content (AvgIpc) is 2.38. The molecule has 0 spiro atoms. The van der Waals surface area contributed by atoms with E-state index in [2.05, 4.69) is 0 Å². The van der Waals surface area contributed by atoms with Gasteiger partial charge in [0, 0.05) is 17.8 Å². The van der Waals surface area contributed by atoms with Crippen molar-refractivity contribution in [2.75, 3.05) is 0 Å². The Balaban J connectivity index is 2.03. The van der Waals surface area contributed by atoms with Crippen LogP contribution in [0.25, 0.3) is 0 Å². The lowest BCUT2D eigenvalue weighted by Crippen LogP contribution is -2.51. The van der Waals surface area contributed by atoms with Crippen LogP contribution in [0.1, 0.15) is 31.2 Å². The van der Waals surface area contributed by atoms with E-state index >= 15 is 0 Å². The molecule has 0 radical (unpaired) electrons. The summed E-state index contributed by atoms with van der Waals surface area (Å²) in [6.07, 6.45) is 2.22. The molecule has 0 bridgehead atoms. The van der Waals surface area contributed by atoms with Gasteiger partial charge < -0.3 is 9.84 Å². The highest BCUT2D eigenvalue weighted by atomic mass is 16.7. The fraction of sp³-hybridized carbons (Fsp3) is 0.538. The molecule has 18 heavy (non-hydrogen) atoms. The van der Waals surface area contributed by atoms with E-state index in [4.69, 9.17) is 4.74 Å². The van der Waals surface area contributed by atoms with Crippen LogP contribution in [0.3, 0.4) is 0 Å². The van der Waals surface area contributed by atoms with Gasteiger partial charge in [-0.15, -0.1) is 0 Å². The minimum Gasteiger partial charge on any atom is -0.360 e. The number of ether oxygens (including phenoxy) is 1. The summed E-state index contributed by atoms with van der Waals surface area (Å²) in [5, 5.41) is 21.2. The molecule has 5 nitrogen and oxygen atoms in total. The Hall–Kier alpha value is -1.46. The molecule has 0 aromatic heterocycles. The van der Waals surface area contributed by atoms with Gasteiger partial charge in [0.25, 0.3) is 6.04 Å². The van der Waals surface area contributed by atoms with Gasteiger partial charge in [0.15, 0.2) is 0 Å². The third kappa shape index (κ3) is 2.86. The zero-order chi connectivity index (χ0) is 13.0. The van der Waals surface area contributed by atoms with E-state index in [0.717, 1.165) is 18.4 Å². The predicted octanol–water partition coefficient (Wildman–Crippen LogP) is 2.11. The van der Waals surface area contributed by atoms with E-state index in [-0.39, 0.29) is 6.61 Å². The molecule has 2 unspecified atom stereocenters. The molecule has 0 aliphatic heterocycles. The molecule has 1 aliphatic rings. The quantitative estimate of drug-likeness (QED) is 0.505. The second-order valence-corrected chi connectivity index (χ2v) is 4.67. The van der Waals surface area contributed by atoms with Crippen molar-refractivity contribution < 1.29 is 14.8 Å². The molecule has 1 aliphatic carbocycles. The summed E-state index contributed by atoms with van der Waals surface area (Å²) < 4.78 is 5.44. The second kappa shape index (κ2) is 5.46. The number of hydrogen-bond donors (Lipinski definition) is 1. The largest absolute Gasteiger partial charge is 0.360 e. The van der Waals surface area contributed by atoms with E-state index in [1.54, 1.807) is 0 Å². The number of rotatable bonds is 4. The molecule has 0 amide bonds. The van der Waals surface area contributed by atoms with E-state index in [1.807, 2.05) is 30.3 Å². The molecule has 1 aromatic rings. The first-order valence-corrected chi connectivity index (χ1v) is 6.15. The second-order valence-electron chi connectivity index (χ2n) is 4.67. The Morgan fingerprint density at radius 3 is 2.78 bits per heavy atom. The molecule has 0 heterocycles. The maximum absolute atomic E-state index is 10.9. The maximum atomic E-state index is 10.9. The predicted molar refractivity (Wildman–Crippen MR) is 65.4 cm³/mol. The third-order valence-corrected chi connectivity index (χ3v) is 3.37. The van der Waals surface area contributed by atoms with Gasteiger partial charge in [0.05, 0.1) is 6.61 Å². The monoisotopic (exact) mass is 251 g/mol. The number of nitrogens with zero attached hydrogens (tertiary/aromatic N) is 1. The highest BCUT2D eigenvalue weighted by molar-refractivity contribution is 5.13. The number of hydrogen-bond acceptors (Lipinski definition) is 4. The van der Waals surface area contributed by atoms with Gasteiger partial charge in [-0.25, -0.2) is 0 Å². The summed E-state index contributed by atoms with van der Waals surface area (Å²) >= 11 is 0. The smallest absolute Gasteiger partial charge is 0.265 e. The van der Waals surface area contributed by atoms with Gasteiger partial charge in [-0.2, -0.15) is 0 Å². The van der Waals surface area contributed by atoms with E-state index in [0.29, 0.717) is 12.8 Å². The van der Waals surface area contributed by atoms with Crippen molar-refractivity contribution in [1.29, 1.82) is 0 Å². The Kier molecular flexibility index (Phi) is 3.93. The average molecular weight is 251 g/mol. The van der Waals surface area contributed by atoms with Crippen LogP contribution in [-0.4, -0.2) is 21.9 Å². The molecular weight excluding hydrogens is 234 g/mol.